The van der Waals surface area contributed by atoms with Gasteiger partial charge >= 0.3 is 0 Å². The van der Waals surface area contributed by atoms with Crippen LogP contribution in [0.5, 0.6) is 0 Å². The van der Waals surface area contributed by atoms with Crippen LogP contribution in [0.15, 0.2) is 17.0 Å². The molecule has 0 aliphatic carbocycles. The van der Waals surface area contributed by atoms with Gasteiger partial charge in [-0.15, -0.1) is 0 Å². The Morgan fingerprint density at radius 3 is 2.57 bits per heavy atom. The summed E-state index contributed by atoms with van der Waals surface area (Å²) >= 11 is 1.93. The van der Waals surface area contributed by atoms with Gasteiger partial charge in [-0.2, -0.15) is 11.8 Å². The summed E-state index contributed by atoms with van der Waals surface area (Å²) < 4.78 is 27.8. The molecule has 1 aliphatic heterocycles. The van der Waals surface area contributed by atoms with Gasteiger partial charge in [0.15, 0.2) is 0 Å². The minimum Gasteiger partial charge on any atom is -0.392 e. The summed E-state index contributed by atoms with van der Waals surface area (Å²) in [6, 6.07) is 3.40. The quantitative estimate of drug-likeness (QED) is 0.869. The van der Waals surface area contributed by atoms with Gasteiger partial charge in [0.25, 0.3) is 0 Å². The predicted molar refractivity (Wildman–Crippen MR) is 87.1 cm³/mol. The summed E-state index contributed by atoms with van der Waals surface area (Å²) in [6.07, 6.45) is 2.14. The van der Waals surface area contributed by atoms with Crippen molar-refractivity contribution >= 4 is 21.8 Å². The number of thioether (sulfide) groups is 1. The van der Waals surface area contributed by atoms with Crippen molar-refractivity contribution in [2.24, 2.45) is 5.92 Å². The Hall–Kier alpha value is -0.560. The van der Waals surface area contributed by atoms with E-state index in [1.165, 1.54) is 0 Å². The maximum atomic E-state index is 12.5. The zero-order chi connectivity index (χ0) is 15.5. The number of sulfonamides is 1. The van der Waals surface area contributed by atoms with Crippen molar-refractivity contribution in [3.8, 4) is 0 Å². The number of rotatable bonds is 5. The Morgan fingerprint density at radius 2 is 1.95 bits per heavy atom. The maximum absolute atomic E-state index is 12.5. The van der Waals surface area contributed by atoms with E-state index in [0.29, 0.717) is 18.0 Å². The predicted octanol–water partition coefficient (Wildman–Crippen LogP) is 2.22. The van der Waals surface area contributed by atoms with E-state index in [1.54, 1.807) is 6.07 Å². The number of nitrogens with one attached hydrogen (secondary N) is 1. The van der Waals surface area contributed by atoms with Gasteiger partial charge in [-0.3, -0.25) is 0 Å². The molecule has 0 aromatic heterocycles. The maximum Gasteiger partial charge on any atom is 0.240 e. The van der Waals surface area contributed by atoms with Crippen LogP contribution in [-0.2, 0) is 16.6 Å². The first-order valence-electron chi connectivity index (χ1n) is 7.22. The molecule has 6 heteroatoms. The van der Waals surface area contributed by atoms with Gasteiger partial charge in [0.1, 0.15) is 0 Å². The summed E-state index contributed by atoms with van der Waals surface area (Å²) in [5, 5.41) is 9.26. The molecule has 1 heterocycles. The first kappa shape index (κ1) is 16.8. The zero-order valence-electron chi connectivity index (χ0n) is 12.6. The third-order valence-corrected chi connectivity index (χ3v) is 6.65. The van der Waals surface area contributed by atoms with Crippen LogP contribution in [0.2, 0.25) is 0 Å². The van der Waals surface area contributed by atoms with Gasteiger partial charge in [0, 0.05) is 6.54 Å². The van der Waals surface area contributed by atoms with Crippen LogP contribution in [0.4, 0.5) is 0 Å². The van der Waals surface area contributed by atoms with Gasteiger partial charge in [-0.05, 0) is 66.9 Å². The second-order valence-electron chi connectivity index (χ2n) is 5.60. The highest BCUT2D eigenvalue weighted by atomic mass is 32.2. The normalized spacial score (nSPS) is 17.1. The fourth-order valence-corrected chi connectivity index (χ4v) is 5.21. The van der Waals surface area contributed by atoms with Crippen LogP contribution in [0.1, 0.15) is 29.5 Å². The molecule has 2 N–H and O–H groups in total. The van der Waals surface area contributed by atoms with Gasteiger partial charge in [0.2, 0.25) is 10.0 Å². The lowest BCUT2D eigenvalue weighted by Crippen LogP contribution is -2.31. The molecule has 0 amide bonds. The van der Waals surface area contributed by atoms with Crippen LogP contribution in [-0.4, -0.2) is 31.6 Å². The van der Waals surface area contributed by atoms with Gasteiger partial charge in [-0.1, -0.05) is 6.07 Å². The Kier molecular flexibility index (Phi) is 5.71. The fourth-order valence-electron chi connectivity index (χ4n) is 2.53. The van der Waals surface area contributed by atoms with Crippen molar-refractivity contribution in [1.29, 1.82) is 0 Å². The van der Waals surface area contributed by atoms with Crippen molar-refractivity contribution in [3.05, 3.63) is 28.8 Å². The zero-order valence-corrected chi connectivity index (χ0v) is 14.2. The Morgan fingerprint density at radius 1 is 1.29 bits per heavy atom. The molecule has 0 saturated carbocycles. The van der Waals surface area contributed by atoms with Crippen molar-refractivity contribution < 1.29 is 13.5 Å². The number of benzene rings is 1. The van der Waals surface area contributed by atoms with Crippen LogP contribution in [0.25, 0.3) is 0 Å². The molecule has 118 valence electrons. The molecular formula is C15H23NO3S2. The summed E-state index contributed by atoms with van der Waals surface area (Å²) in [7, 11) is -3.51. The average molecular weight is 329 g/mol. The summed E-state index contributed by atoms with van der Waals surface area (Å²) in [4.78, 5) is 0.289. The van der Waals surface area contributed by atoms with Crippen molar-refractivity contribution in [2.75, 3.05) is 18.1 Å². The van der Waals surface area contributed by atoms with E-state index in [0.717, 1.165) is 35.5 Å². The molecule has 4 nitrogen and oxygen atoms in total. The van der Waals surface area contributed by atoms with Crippen LogP contribution >= 0.6 is 11.8 Å². The van der Waals surface area contributed by atoms with Crippen molar-refractivity contribution in [1.82, 2.24) is 4.72 Å². The minimum absolute atomic E-state index is 0.149. The number of hydrogen-bond donors (Lipinski definition) is 2. The second-order valence-corrected chi connectivity index (χ2v) is 8.56. The van der Waals surface area contributed by atoms with Crippen LogP contribution in [0.3, 0.4) is 0 Å². The van der Waals surface area contributed by atoms with E-state index in [1.807, 2.05) is 31.7 Å². The van der Waals surface area contributed by atoms with E-state index in [9.17, 15) is 13.5 Å². The van der Waals surface area contributed by atoms with Gasteiger partial charge in [-0.25, -0.2) is 13.1 Å². The van der Waals surface area contributed by atoms with E-state index < -0.39 is 10.0 Å². The first-order valence-corrected chi connectivity index (χ1v) is 9.86. The summed E-state index contributed by atoms with van der Waals surface area (Å²) in [6.45, 7) is 4.03. The Bertz CT molecular complexity index is 593. The molecule has 0 unspecified atom stereocenters. The molecule has 0 radical (unpaired) electrons. The molecule has 0 bridgehead atoms. The van der Waals surface area contributed by atoms with E-state index in [4.69, 9.17) is 0 Å². The highest BCUT2D eigenvalue weighted by molar-refractivity contribution is 7.99. The summed E-state index contributed by atoms with van der Waals surface area (Å²) in [5.41, 5.74) is 2.27. The lowest BCUT2D eigenvalue weighted by Gasteiger charge is -2.22. The molecule has 1 aromatic carbocycles. The number of aryl methyl sites for hydroxylation is 1. The molecule has 21 heavy (non-hydrogen) atoms. The lowest BCUT2D eigenvalue weighted by atomic mass is 10.0. The van der Waals surface area contributed by atoms with Crippen molar-refractivity contribution in [2.45, 2.75) is 38.2 Å². The Labute approximate surface area is 131 Å². The SMILES string of the molecule is Cc1cc(CO)cc(S(=O)(=O)NCC2CCSCC2)c1C. The molecule has 0 spiro atoms. The minimum atomic E-state index is -3.51. The monoisotopic (exact) mass is 329 g/mol. The van der Waals surface area contributed by atoms with Gasteiger partial charge in [0.05, 0.1) is 11.5 Å². The molecule has 1 aliphatic rings. The highest BCUT2D eigenvalue weighted by Crippen LogP contribution is 2.24. The smallest absolute Gasteiger partial charge is 0.240 e. The third kappa shape index (κ3) is 4.22. The first-order chi connectivity index (χ1) is 9.94. The topological polar surface area (TPSA) is 66.4 Å². The number of aliphatic hydroxyl groups is 1. The molecular weight excluding hydrogens is 306 g/mol. The van der Waals surface area contributed by atoms with Crippen LogP contribution < -0.4 is 4.72 Å². The van der Waals surface area contributed by atoms with E-state index >= 15 is 0 Å². The molecule has 1 fully saturated rings. The molecule has 0 atom stereocenters. The van der Waals surface area contributed by atoms with E-state index in [-0.39, 0.29) is 11.5 Å². The Balaban J connectivity index is 2.16. The van der Waals surface area contributed by atoms with Crippen molar-refractivity contribution in [3.63, 3.8) is 0 Å². The highest BCUT2D eigenvalue weighted by Gasteiger charge is 2.21. The van der Waals surface area contributed by atoms with Gasteiger partial charge < -0.3 is 5.11 Å². The molecule has 1 saturated heterocycles. The molecule has 1 aromatic rings. The second kappa shape index (κ2) is 7.13. The largest absolute Gasteiger partial charge is 0.392 e. The number of hydrogen-bond acceptors (Lipinski definition) is 4. The fraction of sp³-hybridized carbons (Fsp3) is 0.600. The lowest BCUT2D eigenvalue weighted by molar-refractivity contribution is 0.281. The van der Waals surface area contributed by atoms with E-state index in [2.05, 4.69) is 4.72 Å². The molecule has 2 rings (SSSR count). The standard InChI is InChI=1S/C15H23NO3S2/c1-11-7-14(10-17)8-15(12(11)2)21(18,19)16-9-13-3-5-20-6-4-13/h7-8,13,16-17H,3-6,9-10H2,1-2H3. The van der Waals surface area contributed by atoms with Crippen LogP contribution in [0, 0.1) is 19.8 Å². The summed E-state index contributed by atoms with van der Waals surface area (Å²) in [5.74, 6) is 2.66. The third-order valence-electron chi connectivity index (χ3n) is 4.05. The number of aliphatic hydroxyl groups excluding tert-OH is 1. The average Bonchev–Trinajstić information content (AvgIpc) is 2.48.